The molecule has 0 saturated carbocycles. The van der Waals surface area contributed by atoms with Crippen LogP contribution in [0.4, 0.5) is 8.78 Å². The van der Waals surface area contributed by atoms with Crippen LogP contribution in [0.2, 0.25) is 0 Å². The number of ether oxygens (including phenoxy) is 1. The summed E-state index contributed by atoms with van der Waals surface area (Å²) in [5.74, 6) is -2.74. The number of H-pyrrole nitrogens is 1. The fourth-order valence-electron chi connectivity index (χ4n) is 4.10. The molecule has 1 atom stereocenters. The Morgan fingerprint density at radius 3 is 2.54 bits per heavy atom. The van der Waals surface area contributed by atoms with Crippen molar-refractivity contribution in [2.45, 2.75) is 37.7 Å². The van der Waals surface area contributed by atoms with Crippen molar-refractivity contribution in [3.8, 4) is 11.5 Å². The molecule has 0 unspecified atom stereocenters. The SMILES string of the molecule is O=c1ccc2c([C@@H](O)CCCCc3cccc(OCC(F)(F)c4ccccc4)c3)ccc(O)c2[nH]1. The molecule has 35 heavy (non-hydrogen) atoms. The highest BCUT2D eigenvalue weighted by atomic mass is 19.3. The number of aryl methyl sites for hydroxylation is 1. The number of hydrogen-bond acceptors (Lipinski definition) is 4. The molecule has 0 bridgehead atoms. The minimum Gasteiger partial charge on any atom is -0.506 e. The summed E-state index contributed by atoms with van der Waals surface area (Å²) in [6, 6.07) is 20.8. The van der Waals surface area contributed by atoms with E-state index in [1.54, 1.807) is 48.5 Å². The van der Waals surface area contributed by atoms with E-state index < -0.39 is 18.6 Å². The summed E-state index contributed by atoms with van der Waals surface area (Å²) in [6.45, 7) is -0.738. The van der Waals surface area contributed by atoms with Crippen LogP contribution >= 0.6 is 0 Å². The van der Waals surface area contributed by atoms with Crippen LogP contribution in [0.25, 0.3) is 10.9 Å². The average Bonchev–Trinajstić information content (AvgIpc) is 2.87. The van der Waals surface area contributed by atoms with E-state index in [1.807, 2.05) is 6.07 Å². The molecule has 0 radical (unpaired) electrons. The Morgan fingerprint density at radius 2 is 1.74 bits per heavy atom. The Balaban J connectivity index is 1.30. The van der Waals surface area contributed by atoms with Gasteiger partial charge in [-0.05, 0) is 54.7 Å². The zero-order chi connectivity index (χ0) is 24.8. The molecule has 0 amide bonds. The van der Waals surface area contributed by atoms with Gasteiger partial charge in [-0.15, -0.1) is 0 Å². The second-order valence-electron chi connectivity index (χ2n) is 8.55. The lowest BCUT2D eigenvalue weighted by atomic mass is 9.97. The molecule has 0 saturated heterocycles. The van der Waals surface area contributed by atoms with Crippen molar-refractivity contribution in [1.29, 1.82) is 0 Å². The van der Waals surface area contributed by atoms with Crippen LogP contribution < -0.4 is 10.3 Å². The summed E-state index contributed by atoms with van der Waals surface area (Å²) in [5.41, 5.74) is 1.51. The normalized spacial score (nSPS) is 12.5. The van der Waals surface area contributed by atoms with Gasteiger partial charge in [-0.2, -0.15) is 8.78 Å². The molecule has 182 valence electrons. The summed E-state index contributed by atoms with van der Waals surface area (Å²) in [7, 11) is 0. The molecule has 1 aromatic heterocycles. The molecule has 0 aliphatic rings. The summed E-state index contributed by atoms with van der Waals surface area (Å²) in [6.07, 6.45) is 1.97. The van der Waals surface area contributed by atoms with E-state index in [9.17, 15) is 23.8 Å². The molecule has 3 aromatic carbocycles. The number of alkyl halides is 2. The number of benzene rings is 3. The lowest BCUT2D eigenvalue weighted by Crippen LogP contribution is -2.23. The van der Waals surface area contributed by atoms with Crippen LogP contribution in [0.5, 0.6) is 11.5 Å². The van der Waals surface area contributed by atoms with E-state index in [1.165, 1.54) is 24.3 Å². The first kappa shape index (κ1) is 24.4. The zero-order valence-electron chi connectivity index (χ0n) is 19.1. The molecule has 3 N–H and O–H groups in total. The molecule has 0 aliphatic heterocycles. The number of aliphatic hydroxyl groups is 1. The summed E-state index contributed by atoms with van der Waals surface area (Å²) < 4.78 is 34.1. The van der Waals surface area contributed by atoms with Crippen LogP contribution in [0.1, 0.15) is 42.1 Å². The van der Waals surface area contributed by atoms with Gasteiger partial charge >= 0.3 is 5.92 Å². The summed E-state index contributed by atoms with van der Waals surface area (Å²) in [5, 5.41) is 21.3. The molecule has 4 rings (SSSR count). The molecule has 0 fully saturated rings. The molecule has 1 heterocycles. The number of pyridine rings is 1. The Morgan fingerprint density at radius 1 is 0.943 bits per heavy atom. The van der Waals surface area contributed by atoms with Crippen molar-refractivity contribution in [2.24, 2.45) is 0 Å². The minimum atomic E-state index is -3.08. The number of aromatic amines is 1. The van der Waals surface area contributed by atoms with E-state index in [0.717, 1.165) is 18.4 Å². The first-order valence-electron chi connectivity index (χ1n) is 11.5. The van der Waals surface area contributed by atoms with Crippen LogP contribution in [0.15, 0.2) is 83.7 Å². The number of rotatable bonds is 10. The van der Waals surface area contributed by atoms with Crippen molar-refractivity contribution >= 4 is 10.9 Å². The highest BCUT2D eigenvalue weighted by Gasteiger charge is 2.32. The average molecular weight is 480 g/mol. The fraction of sp³-hybridized carbons (Fsp3) is 0.250. The van der Waals surface area contributed by atoms with Gasteiger partial charge < -0.3 is 19.9 Å². The van der Waals surface area contributed by atoms with Gasteiger partial charge in [0.15, 0.2) is 6.61 Å². The van der Waals surface area contributed by atoms with Gasteiger partial charge in [-0.1, -0.05) is 55.0 Å². The van der Waals surface area contributed by atoms with Gasteiger partial charge in [-0.25, -0.2) is 0 Å². The number of phenols is 1. The second kappa shape index (κ2) is 10.7. The molecule has 7 heteroatoms. The Hall–Kier alpha value is -3.71. The first-order chi connectivity index (χ1) is 16.8. The molecule has 0 aliphatic carbocycles. The Labute approximate surface area is 201 Å². The third-order valence-electron chi connectivity index (χ3n) is 5.97. The predicted molar refractivity (Wildman–Crippen MR) is 131 cm³/mol. The number of unbranched alkanes of at least 4 members (excludes halogenated alkanes) is 1. The zero-order valence-corrected chi connectivity index (χ0v) is 19.1. The smallest absolute Gasteiger partial charge is 0.306 e. The van der Waals surface area contributed by atoms with Crippen molar-refractivity contribution in [2.75, 3.05) is 6.61 Å². The standard InChI is InChI=1S/C28H27F2NO4/c29-28(30,20-9-2-1-3-10-20)18-35-21-11-6-8-19(17-21)7-4-5-12-24(32)22-13-15-25(33)27-23(22)14-16-26(34)31-27/h1-3,6,8-11,13-17,24,32-33H,4-5,7,12,18H2,(H,31,34)/t24-/m0/s1. The summed E-state index contributed by atoms with van der Waals surface area (Å²) >= 11 is 0. The van der Waals surface area contributed by atoms with Crippen molar-refractivity contribution in [3.63, 3.8) is 0 Å². The maximum Gasteiger partial charge on any atom is 0.306 e. The molecular weight excluding hydrogens is 452 g/mol. The summed E-state index contributed by atoms with van der Waals surface area (Å²) in [4.78, 5) is 14.2. The maximum atomic E-state index is 14.4. The van der Waals surface area contributed by atoms with E-state index in [4.69, 9.17) is 4.74 Å². The highest BCUT2D eigenvalue weighted by molar-refractivity contribution is 5.87. The quantitative estimate of drug-likeness (QED) is 0.249. The first-order valence-corrected chi connectivity index (χ1v) is 11.5. The molecular formula is C28H27F2NO4. The van der Waals surface area contributed by atoms with Crippen LogP contribution in [-0.2, 0) is 12.3 Å². The van der Waals surface area contributed by atoms with E-state index >= 15 is 0 Å². The third kappa shape index (κ3) is 6.05. The van der Waals surface area contributed by atoms with Gasteiger partial charge in [-0.3, -0.25) is 4.79 Å². The fourth-order valence-corrected chi connectivity index (χ4v) is 4.10. The van der Waals surface area contributed by atoms with E-state index in [0.29, 0.717) is 35.1 Å². The number of aromatic hydroxyl groups is 1. The van der Waals surface area contributed by atoms with Crippen LogP contribution in [0, 0.1) is 0 Å². The van der Waals surface area contributed by atoms with E-state index in [-0.39, 0.29) is 16.9 Å². The van der Waals surface area contributed by atoms with Gasteiger partial charge in [0.25, 0.3) is 0 Å². The Bertz CT molecular complexity index is 1340. The van der Waals surface area contributed by atoms with Gasteiger partial charge in [0.2, 0.25) is 5.56 Å². The van der Waals surface area contributed by atoms with Crippen molar-refractivity contribution in [1.82, 2.24) is 4.98 Å². The largest absolute Gasteiger partial charge is 0.506 e. The number of fused-ring (bicyclic) bond motifs is 1. The monoisotopic (exact) mass is 479 g/mol. The topological polar surface area (TPSA) is 82.6 Å². The van der Waals surface area contributed by atoms with Gasteiger partial charge in [0, 0.05) is 17.0 Å². The number of hydrogen-bond donors (Lipinski definition) is 3. The maximum absolute atomic E-state index is 14.4. The Kier molecular flexibility index (Phi) is 7.46. The number of nitrogens with one attached hydrogen (secondary N) is 1. The van der Waals surface area contributed by atoms with Gasteiger partial charge in [0.1, 0.15) is 11.5 Å². The second-order valence-corrected chi connectivity index (χ2v) is 8.55. The van der Waals surface area contributed by atoms with E-state index in [2.05, 4.69) is 4.98 Å². The van der Waals surface area contributed by atoms with Crippen molar-refractivity contribution < 1.29 is 23.7 Å². The van der Waals surface area contributed by atoms with Crippen molar-refractivity contribution in [3.05, 3.63) is 106 Å². The highest BCUT2D eigenvalue weighted by Crippen LogP contribution is 2.31. The van der Waals surface area contributed by atoms with Crippen LogP contribution in [-0.4, -0.2) is 21.8 Å². The molecule has 5 nitrogen and oxygen atoms in total. The number of aliphatic hydroxyl groups excluding tert-OH is 1. The lowest BCUT2D eigenvalue weighted by molar-refractivity contribution is -0.0467. The molecule has 4 aromatic rings. The predicted octanol–water partition coefficient (Wildman–Crippen LogP) is 5.85. The lowest BCUT2D eigenvalue weighted by Gasteiger charge is -2.18. The number of phenolic OH excluding ortho intramolecular Hbond substituents is 1. The third-order valence-corrected chi connectivity index (χ3v) is 5.97. The van der Waals surface area contributed by atoms with Gasteiger partial charge in [0.05, 0.1) is 11.6 Å². The molecule has 0 spiro atoms. The number of aromatic nitrogens is 1. The number of halogens is 2. The minimum absolute atomic E-state index is 0.0442. The van der Waals surface area contributed by atoms with Crippen LogP contribution in [0.3, 0.4) is 0 Å².